The van der Waals surface area contributed by atoms with Gasteiger partial charge in [0.05, 0.1) is 0 Å². The largest absolute Gasteiger partial charge is 0.501 e. The van der Waals surface area contributed by atoms with Gasteiger partial charge in [0.25, 0.3) is 0 Å². The highest BCUT2D eigenvalue weighted by Gasteiger charge is 2.39. The van der Waals surface area contributed by atoms with Crippen molar-refractivity contribution in [2.75, 3.05) is 19.8 Å². The van der Waals surface area contributed by atoms with E-state index in [2.05, 4.69) is 30.8 Å². The summed E-state index contributed by atoms with van der Waals surface area (Å²) in [5.74, 6) is 0. The van der Waals surface area contributed by atoms with Crippen molar-refractivity contribution in [1.29, 1.82) is 0 Å². The molecular weight excluding hydrogens is 268 g/mol. The molecule has 0 amide bonds. The summed E-state index contributed by atoms with van der Waals surface area (Å²) in [6.45, 7) is 11.6. The Balaban J connectivity index is 2.69. The third kappa shape index (κ3) is 5.21. The molecule has 0 atom stereocenters. The van der Waals surface area contributed by atoms with Crippen molar-refractivity contribution in [3.05, 3.63) is 42.0 Å². The SMILES string of the molecule is C=Cc1ccc(CC[Si](OCC)(OCC)OCC)cc1. The Morgan fingerprint density at radius 3 is 1.85 bits per heavy atom. The molecule has 0 aliphatic heterocycles. The van der Waals surface area contributed by atoms with Crippen LogP contribution in [0.5, 0.6) is 0 Å². The number of hydrogen-bond donors (Lipinski definition) is 0. The summed E-state index contributed by atoms with van der Waals surface area (Å²) in [5.41, 5.74) is 2.41. The van der Waals surface area contributed by atoms with E-state index in [1.54, 1.807) is 0 Å². The summed E-state index contributed by atoms with van der Waals surface area (Å²) < 4.78 is 17.6. The van der Waals surface area contributed by atoms with E-state index >= 15 is 0 Å². The third-order valence-electron chi connectivity index (χ3n) is 3.03. The summed E-state index contributed by atoms with van der Waals surface area (Å²) in [6, 6.07) is 9.22. The van der Waals surface area contributed by atoms with Crippen molar-refractivity contribution in [3.63, 3.8) is 0 Å². The lowest BCUT2D eigenvalue weighted by Crippen LogP contribution is -2.46. The van der Waals surface area contributed by atoms with E-state index < -0.39 is 8.80 Å². The summed E-state index contributed by atoms with van der Waals surface area (Å²) in [6.07, 6.45) is 2.76. The Morgan fingerprint density at radius 2 is 1.45 bits per heavy atom. The highest BCUT2D eigenvalue weighted by atomic mass is 28.4. The second kappa shape index (κ2) is 9.08. The molecule has 0 saturated carbocycles. The summed E-state index contributed by atoms with van der Waals surface area (Å²) in [7, 11) is -2.52. The molecule has 0 N–H and O–H groups in total. The Morgan fingerprint density at radius 1 is 0.950 bits per heavy atom. The first-order valence-electron chi connectivity index (χ1n) is 7.33. The van der Waals surface area contributed by atoms with Gasteiger partial charge < -0.3 is 13.3 Å². The molecule has 0 bridgehead atoms. The molecule has 0 unspecified atom stereocenters. The van der Waals surface area contributed by atoms with Crippen LogP contribution < -0.4 is 0 Å². The molecule has 1 rings (SSSR count). The van der Waals surface area contributed by atoms with E-state index in [9.17, 15) is 0 Å². The highest BCUT2D eigenvalue weighted by molar-refractivity contribution is 6.60. The van der Waals surface area contributed by atoms with Gasteiger partial charge in [0.2, 0.25) is 0 Å². The average molecular weight is 294 g/mol. The molecule has 3 nitrogen and oxygen atoms in total. The predicted molar refractivity (Wildman–Crippen MR) is 85.7 cm³/mol. The Kier molecular flexibility index (Phi) is 7.77. The van der Waals surface area contributed by atoms with Gasteiger partial charge in [-0.3, -0.25) is 0 Å². The van der Waals surface area contributed by atoms with Crippen LogP contribution in [0.25, 0.3) is 6.08 Å². The van der Waals surface area contributed by atoms with Crippen LogP contribution >= 0.6 is 0 Å². The minimum absolute atomic E-state index is 0.627. The second-order valence-electron chi connectivity index (χ2n) is 4.43. The summed E-state index contributed by atoms with van der Waals surface area (Å²) >= 11 is 0. The molecule has 0 heterocycles. The van der Waals surface area contributed by atoms with E-state index in [1.165, 1.54) is 5.56 Å². The van der Waals surface area contributed by atoms with E-state index in [4.69, 9.17) is 13.3 Å². The number of hydrogen-bond acceptors (Lipinski definition) is 3. The summed E-state index contributed by atoms with van der Waals surface area (Å²) in [4.78, 5) is 0. The minimum Gasteiger partial charge on any atom is -0.374 e. The molecule has 4 heteroatoms. The Labute approximate surface area is 123 Å². The highest BCUT2D eigenvalue weighted by Crippen LogP contribution is 2.19. The Bertz CT molecular complexity index is 372. The van der Waals surface area contributed by atoms with Crippen molar-refractivity contribution < 1.29 is 13.3 Å². The van der Waals surface area contributed by atoms with Crippen molar-refractivity contribution in [1.82, 2.24) is 0 Å². The van der Waals surface area contributed by atoms with Crippen molar-refractivity contribution in [3.8, 4) is 0 Å². The van der Waals surface area contributed by atoms with Crippen LogP contribution in [0.1, 0.15) is 31.9 Å². The zero-order valence-electron chi connectivity index (χ0n) is 12.9. The minimum atomic E-state index is -2.52. The van der Waals surface area contributed by atoms with Gasteiger partial charge in [0, 0.05) is 25.9 Å². The van der Waals surface area contributed by atoms with E-state index in [1.807, 2.05) is 26.8 Å². The van der Waals surface area contributed by atoms with Crippen molar-refractivity contribution >= 4 is 14.9 Å². The first kappa shape index (κ1) is 17.1. The molecule has 0 aliphatic rings. The molecule has 0 saturated heterocycles. The van der Waals surface area contributed by atoms with Gasteiger partial charge in [-0.25, -0.2) is 0 Å². The molecule has 0 aromatic heterocycles. The predicted octanol–water partition coefficient (Wildman–Crippen LogP) is 3.92. The molecular formula is C16H26O3Si. The average Bonchev–Trinajstić information content (AvgIpc) is 2.46. The lowest BCUT2D eigenvalue weighted by Gasteiger charge is -2.28. The number of aryl methyl sites for hydroxylation is 1. The molecule has 0 radical (unpaired) electrons. The molecule has 20 heavy (non-hydrogen) atoms. The van der Waals surface area contributed by atoms with Gasteiger partial charge in [-0.1, -0.05) is 36.9 Å². The fraction of sp³-hybridized carbons (Fsp3) is 0.500. The maximum atomic E-state index is 5.86. The zero-order chi connectivity index (χ0) is 14.8. The monoisotopic (exact) mass is 294 g/mol. The van der Waals surface area contributed by atoms with Crippen LogP contribution in [-0.4, -0.2) is 28.6 Å². The fourth-order valence-electron chi connectivity index (χ4n) is 2.12. The van der Waals surface area contributed by atoms with E-state index in [-0.39, 0.29) is 0 Å². The lowest BCUT2D eigenvalue weighted by atomic mass is 10.1. The van der Waals surface area contributed by atoms with Crippen LogP contribution in [0.3, 0.4) is 0 Å². The third-order valence-corrected chi connectivity index (χ3v) is 6.08. The topological polar surface area (TPSA) is 27.7 Å². The van der Waals surface area contributed by atoms with Gasteiger partial charge in [0.15, 0.2) is 0 Å². The standard InChI is InChI=1S/C16H26O3Si/c1-5-15-9-11-16(12-10-15)13-14-20(17-6-2,18-7-3)19-8-4/h5,9-12H,1,6-8,13-14H2,2-4H3. The van der Waals surface area contributed by atoms with Gasteiger partial charge in [0.1, 0.15) is 0 Å². The maximum absolute atomic E-state index is 5.86. The molecule has 1 aromatic rings. The van der Waals surface area contributed by atoms with Gasteiger partial charge >= 0.3 is 8.80 Å². The maximum Gasteiger partial charge on any atom is 0.501 e. The smallest absolute Gasteiger partial charge is 0.374 e. The quantitative estimate of drug-likeness (QED) is 0.612. The molecule has 0 spiro atoms. The first-order valence-corrected chi connectivity index (χ1v) is 9.26. The Hall–Kier alpha value is -0.943. The second-order valence-corrected chi connectivity index (χ2v) is 7.16. The molecule has 1 aromatic carbocycles. The van der Waals surface area contributed by atoms with E-state index in [0.29, 0.717) is 19.8 Å². The van der Waals surface area contributed by atoms with Crippen LogP contribution in [-0.2, 0) is 19.7 Å². The first-order chi connectivity index (χ1) is 9.69. The van der Waals surface area contributed by atoms with Gasteiger partial charge in [-0.05, 0) is 38.3 Å². The fourth-order valence-corrected chi connectivity index (χ4v) is 4.72. The normalized spacial score (nSPS) is 11.6. The van der Waals surface area contributed by atoms with Crippen molar-refractivity contribution in [2.24, 2.45) is 0 Å². The van der Waals surface area contributed by atoms with Gasteiger partial charge in [-0.15, -0.1) is 0 Å². The van der Waals surface area contributed by atoms with Gasteiger partial charge in [-0.2, -0.15) is 0 Å². The van der Waals surface area contributed by atoms with Crippen LogP contribution in [0, 0.1) is 0 Å². The van der Waals surface area contributed by atoms with Crippen LogP contribution in [0.15, 0.2) is 30.8 Å². The zero-order valence-corrected chi connectivity index (χ0v) is 13.9. The summed E-state index contributed by atoms with van der Waals surface area (Å²) in [5, 5.41) is 0. The molecule has 112 valence electrons. The molecule has 0 aliphatic carbocycles. The number of benzene rings is 1. The van der Waals surface area contributed by atoms with Crippen molar-refractivity contribution in [2.45, 2.75) is 33.2 Å². The number of rotatable bonds is 10. The van der Waals surface area contributed by atoms with Crippen LogP contribution in [0.2, 0.25) is 6.04 Å². The van der Waals surface area contributed by atoms with E-state index in [0.717, 1.165) is 18.0 Å². The van der Waals surface area contributed by atoms with Crippen LogP contribution in [0.4, 0.5) is 0 Å². The lowest BCUT2D eigenvalue weighted by molar-refractivity contribution is 0.0714. The molecule has 0 fully saturated rings.